The van der Waals surface area contributed by atoms with Gasteiger partial charge in [0.1, 0.15) is 6.54 Å². The van der Waals surface area contributed by atoms with Gasteiger partial charge in [-0.1, -0.05) is 41.1 Å². The molecule has 1 amide bonds. The first-order valence-electron chi connectivity index (χ1n) is 9.17. The van der Waals surface area contributed by atoms with Crippen LogP contribution in [0.1, 0.15) is 31.1 Å². The Morgan fingerprint density at radius 1 is 1.21 bits per heavy atom. The molecule has 0 aliphatic rings. The Kier molecular flexibility index (Phi) is 7.32. The summed E-state index contributed by atoms with van der Waals surface area (Å²) in [4.78, 5) is 30.7. The van der Waals surface area contributed by atoms with Crippen molar-refractivity contribution in [3.63, 3.8) is 0 Å². The van der Waals surface area contributed by atoms with Gasteiger partial charge >= 0.3 is 5.97 Å². The summed E-state index contributed by atoms with van der Waals surface area (Å²) in [6.07, 6.45) is 0. The minimum absolute atomic E-state index is 0.00551. The van der Waals surface area contributed by atoms with Crippen LogP contribution >= 0.6 is 39.0 Å². The molecule has 0 N–H and O–H groups in total. The number of amides is 1. The Morgan fingerprint density at radius 3 is 2.59 bits per heavy atom. The van der Waals surface area contributed by atoms with E-state index in [-0.39, 0.29) is 18.4 Å². The number of halogens is 1. The Morgan fingerprint density at radius 2 is 1.93 bits per heavy atom. The van der Waals surface area contributed by atoms with E-state index in [4.69, 9.17) is 4.74 Å². The Labute approximate surface area is 185 Å². The second-order valence-corrected chi connectivity index (χ2v) is 10.1. The van der Waals surface area contributed by atoms with Gasteiger partial charge in [-0.25, -0.2) is 0 Å². The van der Waals surface area contributed by atoms with Crippen LogP contribution in [0.5, 0.6) is 0 Å². The SMILES string of the molecule is CCOC(=O)Cn1c(=NC(=O)c2ccc(SC(C)C)cc2)sc2cc(Br)ccc21. The molecule has 0 saturated carbocycles. The number of thiazole rings is 1. The summed E-state index contributed by atoms with van der Waals surface area (Å²) in [7, 11) is 0. The number of aromatic nitrogens is 1. The number of fused-ring (bicyclic) bond motifs is 1. The van der Waals surface area contributed by atoms with E-state index in [1.807, 2.05) is 30.3 Å². The van der Waals surface area contributed by atoms with Gasteiger partial charge in [-0.2, -0.15) is 4.99 Å². The largest absolute Gasteiger partial charge is 0.465 e. The topological polar surface area (TPSA) is 60.7 Å². The molecule has 0 atom stereocenters. The zero-order valence-corrected chi connectivity index (χ0v) is 19.6. The molecule has 0 aliphatic heterocycles. The van der Waals surface area contributed by atoms with E-state index in [0.29, 0.717) is 22.2 Å². The molecule has 29 heavy (non-hydrogen) atoms. The summed E-state index contributed by atoms with van der Waals surface area (Å²) in [6, 6.07) is 13.2. The smallest absolute Gasteiger partial charge is 0.326 e. The number of carbonyl (C=O) groups excluding carboxylic acids is 2. The van der Waals surface area contributed by atoms with Crippen molar-refractivity contribution in [3.05, 3.63) is 57.3 Å². The predicted molar refractivity (Wildman–Crippen MR) is 121 cm³/mol. The molecule has 0 saturated heterocycles. The molecule has 0 radical (unpaired) electrons. The monoisotopic (exact) mass is 492 g/mol. The molecule has 0 spiro atoms. The van der Waals surface area contributed by atoms with Crippen LogP contribution in [-0.4, -0.2) is 28.3 Å². The maximum atomic E-state index is 12.7. The Balaban J connectivity index is 1.99. The minimum atomic E-state index is -0.362. The number of thioether (sulfide) groups is 1. The zero-order valence-electron chi connectivity index (χ0n) is 16.3. The molecular weight excluding hydrogens is 472 g/mol. The van der Waals surface area contributed by atoms with Crippen LogP contribution in [0.25, 0.3) is 10.2 Å². The van der Waals surface area contributed by atoms with E-state index >= 15 is 0 Å². The number of nitrogens with zero attached hydrogens (tertiary/aromatic N) is 2. The van der Waals surface area contributed by atoms with Crippen LogP contribution in [0.3, 0.4) is 0 Å². The van der Waals surface area contributed by atoms with Crippen molar-refractivity contribution in [2.45, 2.75) is 37.5 Å². The molecule has 2 aromatic carbocycles. The highest BCUT2D eigenvalue weighted by atomic mass is 79.9. The standard InChI is InChI=1S/C21H21BrN2O3S2/c1-4-27-19(25)12-24-17-10-7-15(22)11-18(17)29-21(24)23-20(26)14-5-8-16(9-6-14)28-13(2)3/h5-11,13H,4,12H2,1-3H3. The lowest BCUT2D eigenvalue weighted by Gasteiger charge is -2.06. The van der Waals surface area contributed by atoms with Crippen molar-refractivity contribution in [3.8, 4) is 0 Å². The molecule has 1 heterocycles. The Hall–Kier alpha value is -1.90. The van der Waals surface area contributed by atoms with Crippen LogP contribution in [-0.2, 0) is 16.1 Å². The maximum absolute atomic E-state index is 12.7. The van der Waals surface area contributed by atoms with Crippen LogP contribution in [0, 0.1) is 0 Å². The number of carbonyl (C=O) groups is 2. The highest BCUT2D eigenvalue weighted by Crippen LogP contribution is 2.24. The van der Waals surface area contributed by atoms with Crippen LogP contribution in [0.2, 0.25) is 0 Å². The fourth-order valence-corrected chi connectivity index (χ4v) is 5.14. The molecular formula is C21H21BrN2O3S2. The van der Waals surface area contributed by atoms with Crippen molar-refractivity contribution in [2.24, 2.45) is 4.99 Å². The minimum Gasteiger partial charge on any atom is -0.465 e. The molecule has 0 fully saturated rings. The van der Waals surface area contributed by atoms with E-state index in [2.05, 4.69) is 34.8 Å². The van der Waals surface area contributed by atoms with E-state index < -0.39 is 0 Å². The first-order valence-corrected chi connectivity index (χ1v) is 11.7. The lowest BCUT2D eigenvalue weighted by atomic mass is 10.2. The summed E-state index contributed by atoms with van der Waals surface area (Å²) < 4.78 is 8.66. The van der Waals surface area contributed by atoms with E-state index in [1.54, 1.807) is 35.4 Å². The second-order valence-electron chi connectivity index (χ2n) is 6.50. The summed E-state index contributed by atoms with van der Waals surface area (Å²) in [5, 5.41) is 0.473. The summed E-state index contributed by atoms with van der Waals surface area (Å²) >= 11 is 6.57. The zero-order chi connectivity index (χ0) is 21.0. The van der Waals surface area contributed by atoms with Crippen LogP contribution < -0.4 is 4.80 Å². The molecule has 0 unspecified atom stereocenters. The Bertz CT molecular complexity index is 1100. The van der Waals surface area contributed by atoms with Gasteiger partial charge < -0.3 is 9.30 Å². The highest BCUT2D eigenvalue weighted by molar-refractivity contribution is 9.10. The third-order valence-corrected chi connectivity index (χ3v) is 6.46. The van der Waals surface area contributed by atoms with Crippen molar-refractivity contribution < 1.29 is 14.3 Å². The van der Waals surface area contributed by atoms with Crippen molar-refractivity contribution in [1.82, 2.24) is 4.57 Å². The highest BCUT2D eigenvalue weighted by Gasteiger charge is 2.13. The number of rotatable bonds is 6. The molecule has 3 rings (SSSR count). The van der Waals surface area contributed by atoms with Gasteiger partial charge in [0.05, 0.1) is 16.8 Å². The van der Waals surface area contributed by atoms with E-state index in [0.717, 1.165) is 19.6 Å². The molecule has 152 valence electrons. The summed E-state index contributed by atoms with van der Waals surface area (Å²) in [5.41, 5.74) is 1.35. The molecule has 0 bridgehead atoms. The molecule has 0 aliphatic carbocycles. The van der Waals surface area contributed by atoms with E-state index in [1.165, 1.54) is 11.3 Å². The summed E-state index contributed by atoms with van der Waals surface area (Å²) in [6.45, 7) is 6.33. The third kappa shape index (κ3) is 5.58. The first kappa shape index (κ1) is 21.8. The van der Waals surface area contributed by atoms with Gasteiger partial charge in [0, 0.05) is 20.2 Å². The number of benzene rings is 2. The van der Waals surface area contributed by atoms with Crippen molar-refractivity contribution >= 4 is 61.1 Å². The third-order valence-electron chi connectivity index (χ3n) is 3.91. The van der Waals surface area contributed by atoms with Crippen LogP contribution in [0.4, 0.5) is 0 Å². The van der Waals surface area contributed by atoms with Gasteiger partial charge in [0.2, 0.25) is 0 Å². The van der Waals surface area contributed by atoms with E-state index in [9.17, 15) is 9.59 Å². The number of esters is 1. The van der Waals surface area contributed by atoms with Gasteiger partial charge in [-0.15, -0.1) is 11.8 Å². The normalized spacial score (nSPS) is 12.0. The van der Waals surface area contributed by atoms with Gasteiger partial charge in [0.25, 0.3) is 5.91 Å². The average molecular weight is 493 g/mol. The van der Waals surface area contributed by atoms with Gasteiger partial charge in [-0.05, 0) is 49.4 Å². The molecule has 8 heteroatoms. The maximum Gasteiger partial charge on any atom is 0.326 e. The number of ether oxygens (including phenoxy) is 1. The van der Waals surface area contributed by atoms with Gasteiger partial charge in [-0.3, -0.25) is 9.59 Å². The molecule has 5 nitrogen and oxygen atoms in total. The number of hydrogen-bond acceptors (Lipinski definition) is 5. The van der Waals surface area contributed by atoms with Crippen LogP contribution in [0.15, 0.2) is 56.8 Å². The number of hydrogen-bond donors (Lipinski definition) is 0. The predicted octanol–water partition coefficient (Wildman–Crippen LogP) is 5.27. The average Bonchev–Trinajstić information content (AvgIpc) is 2.98. The first-order chi connectivity index (χ1) is 13.9. The van der Waals surface area contributed by atoms with Crippen molar-refractivity contribution in [1.29, 1.82) is 0 Å². The lowest BCUT2D eigenvalue weighted by Crippen LogP contribution is -2.23. The molecule has 1 aromatic heterocycles. The summed E-state index contributed by atoms with van der Waals surface area (Å²) in [5.74, 6) is -0.701. The lowest BCUT2D eigenvalue weighted by molar-refractivity contribution is -0.143. The molecule has 3 aromatic rings. The fraction of sp³-hybridized carbons (Fsp3) is 0.286. The van der Waals surface area contributed by atoms with Crippen molar-refractivity contribution in [2.75, 3.05) is 6.61 Å². The second kappa shape index (κ2) is 9.73. The fourth-order valence-electron chi connectivity index (χ4n) is 2.72. The quantitative estimate of drug-likeness (QED) is 0.347. The van der Waals surface area contributed by atoms with Gasteiger partial charge in [0.15, 0.2) is 4.80 Å².